The summed E-state index contributed by atoms with van der Waals surface area (Å²) in [6.45, 7) is 12.1. The zero-order chi connectivity index (χ0) is 16.4. The number of piperidine rings is 1. The Hall–Kier alpha value is -1.56. The van der Waals surface area contributed by atoms with Crippen LogP contribution in [0.4, 0.5) is 4.79 Å². The standard InChI is InChI=1S/C16H28N4O2/c1-12-13(18-11-17-12)10-19-16(5)6-8-20(9-7-16)14(21)22-15(2,3)4/h11,19H,6-10H2,1-5H3,(H,17,18). The van der Waals surface area contributed by atoms with Gasteiger partial charge in [0.15, 0.2) is 0 Å². The predicted molar refractivity (Wildman–Crippen MR) is 85.6 cm³/mol. The maximum absolute atomic E-state index is 12.1. The van der Waals surface area contributed by atoms with Gasteiger partial charge in [0.2, 0.25) is 0 Å². The molecule has 0 saturated carbocycles. The predicted octanol–water partition coefficient (Wildman–Crippen LogP) is 2.60. The average Bonchev–Trinajstić information content (AvgIpc) is 2.81. The second-order valence-electron chi connectivity index (χ2n) is 7.36. The molecule has 0 bridgehead atoms. The topological polar surface area (TPSA) is 70.2 Å². The van der Waals surface area contributed by atoms with Crippen LogP contribution in [-0.4, -0.2) is 45.2 Å². The second kappa shape index (κ2) is 6.28. The second-order valence-corrected chi connectivity index (χ2v) is 7.36. The molecule has 0 aromatic carbocycles. The van der Waals surface area contributed by atoms with Crippen LogP contribution in [0.25, 0.3) is 0 Å². The first kappa shape index (κ1) is 16.8. The van der Waals surface area contributed by atoms with Crippen molar-refractivity contribution in [2.24, 2.45) is 0 Å². The number of carbonyl (C=O) groups is 1. The fourth-order valence-electron chi connectivity index (χ4n) is 2.55. The van der Waals surface area contributed by atoms with E-state index in [4.69, 9.17) is 4.74 Å². The molecule has 1 saturated heterocycles. The molecule has 1 fully saturated rings. The van der Waals surface area contributed by atoms with Crippen molar-refractivity contribution in [2.75, 3.05) is 13.1 Å². The first-order valence-corrected chi connectivity index (χ1v) is 7.90. The Labute approximate surface area is 132 Å². The Morgan fingerprint density at radius 3 is 2.59 bits per heavy atom. The van der Waals surface area contributed by atoms with E-state index in [-0.39, 0.29) is 11.6 Å². The van der Waals surface area contributed by atoms with Crippen LogP contribution in [0.5, 0.6) is 0 Å². The van der Waals surface area contributed by atoms with E-state index in [0.29, 0.717) is 0 Å². The molecule has 2 rings (SSSR count). The number of aromatic amines is 1. The van der Waals surface area contributed by atoms with Gasteiger partial charge in [-0.15, -0.1) is 0 Å². The lowest BCUT2D eigenvalue weighted by atomic mass is 9.89. The Morgan fingerprint density at radius 1 is 1.45 bits per heavy atom. The van der Waals surface area contributed by atoms with Crippen LogP contribution in [-0.2, 0) is 11.3 Å². The normalized spacial score (nSPS) is 18.3. The fourth-order valence-corrected chi connectivity index (χ4v) is 2.55. The summed E-state index contributed by atoms with van der Waals surface area (Å²) in [6, 6.07) is 0. The number of amides is 1. The zero-order valence-electron chi connectivity index (χ0n) is 14.3. The van der Waals surface area contributed by atoms with Crippen molar-refractivity contribution in [1.82, 2.24) is 20.2 Å². The summed E-state index contributed by atoms with van der Waals surface area (Å²) in [5.41, 5.74) is 1.75. The van der Waals surface area contributed by atoms with Gasteiger partial charge in [0.05, 0.1) is 12.0 Å². The van der Waals surface area contributed by atoms with Gasteiger partial charge in [-0.3, -0.25) is 0 Å². The highest BCUT2D eigenvalue weighted by molar-refractivity contribution is 5.68. The molecule has 6 nitrogen and oxygen atoms in total. The number of aromatic nitrogens is 2. The maximum Gasteiger partial charge on any atom is 0.410 e. The summed E-state index contributed by atoms with van der Waals surface area (Å²) in [4.78, 5) is 21.3. The Balaban J connectivity index is 1.83. The molecule has 0 aliphatic carbocycles. The quantitative estimate of drug-likeness (QED) is 0.900. The lowest BCUT2D eigenvalue weighted by molar-refractivity contribution is 0.0156. The molecule has 22 heavy (non-hydrogen) atoms. The summed E-state index contributed by atoms with van der Waals surface area (Å²) < 4.78 is 5.43. The largest absolute Gasteiger partial charge is 0.444 e. The lowest BCUT2D eigenvalue weighted by Crippen LogP contribution is -2.53. The number of aryl methyl sites for hydroxylation is 1. The molecule has 1 aromatic rings. The van der Waals surface area contributed by atoms with Crippen molar-refractivity contribution < 1.29 is 9.53 Å². The van der Waals surface area contributed by atoms with Crippen LogP contribution in [0, 0.1) is 6.92 Å². The van der Waals surface area contributed by atoms with Crippen LogP contribution in [0.1, 0.15) is 51.9 Å². The van der Waals surface area contributed by atoms with E-state index in [2.05, 4.69) is 22.2 Å². The Morgan fingerprint density at radius 2 is 2.09 bits per heavy atom. The number of imidazole rings is 1. The van der Waals surface area contributed by atoms with Crippen molar-refractivity contribution in [3.05, 3.63) is 17.7 Å². The summed E-state index contributed by atoms with van der Waals surface area (Å²) >= 11 is 0. The molecule has 1 aliphatic heterocycles. The van der Waals surface area contributed by atoms with Gasteiger partial charge in [0, 0.05) is 30.9 Å². The van der Waals surface area contributed by atoms with Crippen LogP contribution in [0.2, 0.25) is 0 Å². The van der Waals surface area contributed by atoms with E-state index in [0.717, 1.165) is 43.9 Å². The van der Waals surface area contributed by atoms with Crippen LogP contribution in [0.3, 0.4) is 0 Å². The van der Waals surface area contributed by atoms with E-state index < -0.39 is 5.60 Å². The van der Waals surface area contributed by atoms with Crippen LogP contribution < -0.4 is 5.32 Å². The Kier molecular flexibility index (Phi) is 4.80. The number of hydrogen-bond donors (Lipinski definition) is 2. The van der Waals surface area contributed by atoms with E-state index >= 15 is 0 Å². The minimum Gasteiger partial charge on any atom is -0.444 e. The molecular weight excluding hydrogens is 280 g/mol. The first-order chi connectivity index (χ1) is 10.2. The molecule has 6 heteroatoms. The van der Waals surface area contributed by atoms with Crippen molar-refractivity contribution in [3.63, 3.8) is 0 Å². The monoisotopic (exact) mass is 308 g/mol. The van der Waals surface area contributed by atoms with Gasteiger partial charge >= 0.3 is 6.09 Å². The minimum absolute atomic E-state index is 0.0316. The number of carbonyl (C=O) groups excluding carboxylic acids is 1. The SMILES string of the molecule is Cc1[nH]cnc1CNC1(C)CCN(C(=O)OC(C)(C)C)CC1. The summed E-state index contributed by atoms with van der Waals surface area (Å²) in [6.07, 6.45) is 3.34. The van der Waals surface area contributed by atoms with Crippen molar-refractivity contribution in [2.45, 2.75) is 65.1 Å². The van der Waals surface area contributed by atoms with Gasteiger partial charge in [-0.05, 0) is 47.5 Å². The third-order valence-corrected chi connectivity index (χ3v) is 4.14. The van der Waals surface area contributed by atoms with Gasteiger partial charge in [0.25, 0.3) is 0 Å². The van der Waals surface area contributed by atoms with Crippen molar-refractivity contribution in [1.29, 1.82) is 0 Å². The van der Waals surface area contributed by atoms with E-state index in [1.54, 1.807) is 11.2 Å². The molecule has 0 spiro atoms. The highest BCUT2D eigenvalue weighted by atomic mass is 16.6. The number of nitrogens with zero attached hydrogens (tertiary/aromatic N) is 2. The number of rotatable bonds is 3. The number of H-pyrrole nitrogens is 1. The third kappa shape index (κ3) is 4.47. The molecule has 0 unspecified atom stereocenters. The molecule has 0 radical (unpaired) electrons. The van der Waals surface area contributed by atoms with E-state index in [1.807, 2.05) is 27.7 Å². The van der Waals surface area contributed by atoms with Gasteiger partial charge in [0.1, 0.15) is 5.60 Å². The smallest absolute Gasteiger partial charge is 0.410 e. The average molecular weight is 308 g/mol. The molecular formula is C16H28N4O2. The number of likely N-dealkylation sites (tertiary alicyclic amines) is 1. The zero-order valence-corrected chi connectivity index (χ0v) is 14.3. The van der Waals surface area contributed by atoms with Crippen LogP contribution in [0.15, 0.2) is 6.33 Å². The highest BCUT2D eigenvalue weighted by Crippen LogP contribution is 2.23. The summed E-state index contributed by atoms with van der Waals surface area (Å²) in [5.74, 6) is 0. The number of ether oxygens (including phenoxy) is 1. The first-order valence-electron chi connectivity index (χ1n) is 7.90. The molecule has 1 amide bonds. The molecule has 0 atom stereocenters. The molecule has 1 aliphatic rings. The number of nitrogens with one attached hydrogen (secondary N) is 2. The fraction of sp³-hybridized carbons (Fsp3) is 0.750. The van der Waals surface area contributed by atoms with Gasteiger partial charge in [-0.25, -0.2) is 9.78 Å². The summed E-state index contributed by atoms with van der Waals surface area (Å²) in [5, 5.41) is 3.59. The van der Waals surface area contributed by atoms with Gasteiger partial charge in [-0.1, -0.05) is 0 Å². The summed E-state index contributed by atoms with van der Waals surface area (Å²) in [7, 11) is 0. The molecule has 124 valence electrons. The van der Waals surface area contributed by atoms with Crippen molar-refractivity contribution in [3.8, 4) is 0 Å². The Bertz CT molecular complexity index is 510. The van der Waals surface area contributed by atoms with E-state index in [1.165, 1.54) is 0 Å². The van der Waals surface area contributed by atoms with E-state index in [9.17, 15) is 4.79 Å². The molecule has 2 heterocycles. The molecule has 2 N–H and O–H groups in total. The van der Waals surface area contributed by atoms with Crippen LogP contribution >= 0.6 is 0 Å². The number of hydrogen-bond acceptors (Lipinski definition) is 4. The van der Waals surface area contributed by atoms with Crippen molar-refractivity contribution >= 4 is 6.09 Å². The maximum atomic E-state index is 12.1. The lowest BCUT2D eigenvalue weighted by Gasteiger charge is -2.40. The third-order valence-electron chi connectivity index (χ3n) is 4.14. The highest BCUT2D eigenvalue weighted by Gasteiger charge is 2.33. The molecule has 1 aromatic heterocycles. The minimum atomic E-state index is -0.437. The van der Waals surface area contributed by atoms with Gasteiger partial charge in [-0.2, -0.15) is 0 Å². The van der Waals surface area contributed by atoms with Gasteiger partial charge < -0.3 is 19.9 Å².